The Labute approximate surface area is 383 Å². The van der Waals surface area contributed by atoms with Gasteiger partial charge in [0.1, 0.15) is 42.3 Å². The van der Waals surface area contributed by atoms with E-state index in [1.807, 2.05) is 6.07 Å². The van der Waals surface area contributed by atoms with Crippen LogP contribution in [0.15, 0.2) is 60.7 Å². The smallest absolute Gasteiger partial charge is 0.246 e. The number of amides is 9. The Balaban J connectivity index is 1.03. The van der Waals surface area contributed by atoms with Crippen LogP contribution in [0.3, 0.4) is 0 Å². The Kier molecular flexibility index (Phi) is 16.8. The second-order valence-corrected chi connectivity index (χ2v) is 17.6. The highest BCUT2D eigenvalue weighted by Crippen LogP contribution is 2.33. The molecule has 0 spiro atoms. The second kappa shape index (κ2) is 22.7. The van der Waals surface area contributed by atoms with Gasteiger partial charge in [-0.05, 0) is 82.9 Å². The number of piperidine rings is 1. The van der Waals surface area contributed by atoms with Crippen LogP contribution >= 0.6 is 0 Å². The molecule has 4 heterocycles. The van der Waals surface area contributed by atoms with Crippen LogP contribution in [0.4, 0.5) is 0 Å². The first-order valence-electron chi connectivity index (χ1n) is 22.8. The number of primary amides is 1. The first-order valence-corrected chi connectivity index (χ1v) is 22.8. The normalized spacial score (nSPS) is 23.6. The van der Waals surface area contributed by atoms with Gasteiger partial charge < -0.3 is 57.9 Å². The van der Waals surface area contributed by atoms with E-state index in [9.17, 15) is 48.3 Å². The average molecular weight is 915 g/mol. The summed E-state index contributed by atoms with van der Waals surface area (Å²) < 4.78 is 0. The molecule has 10 atom stereocenters. The lowest BCUT2D eigenvalue weighted by molar-refractivity contribution is -0.147. The van der Waals surface area contributed by atoms with Gasteiger partial charge in [-0.3, -0.25) is 43.2 Å². The number of nitrogens with two attached hydrogens (primary N) is 1. The van der Waals surface area contributed by atoms with Crippen LogP contribution in [0.5, 0.6) is 0 Å². The number of hydrogen-bond donors (Lipinski definition) is 9. The fraction of sp³-hybridized carbons (Fsp3) is 0.543. The van der Waals surface area contributed by atoms with Gasteiger partial charge in [-0.1, -0.05) is 60.7 Å². The van der Waals surface area contributed by atoms with Crippen LogP contribution in [0.25, 0.3) is 0 Å². The average Bonchev–Trinajstić information content (AvgIpc) is 4.11. The van der Waals surface area contributed by atoms with E-state index in [2.05, 4.69) is 37.2 Å². The van der Waals surface area contributed by atoms with Crippen molar-refractivity contribution in [1.29, 1.82) is 0 Å². The van der Waals surface area contributed by atoms with Crippen LogP contribution in [-0.4, -0.2) is 148 Å². The Morgan fingerprint density at radius 2 is 1.36 bits per heavy atom. The summed E-state index contributed by atoms with van der Waals surface area (Å²) in [7, 11) is 0. The number of carbonyl (C=O) groups excluding carboxylic acids is 9. The molecular formula is C46H62N10O10. The number of aliphatic hydroxyl groups is 1. The lowest BCUT2D eigenvalue weighted by Gasteiger charge is -2.38. The van der Waals surface area contributed by atoms with Crippen LogP contribution in [0.1, 0.15) is 76.3 Å². The molecule has 2 aromatic rings. The van der Waals surface area contributed by atoms with Gasteiger partial charge in [0.25, 0.3) is 0 Å². The molecule has 0 aliphatic carbocycles. The van der Waals surface area contributed by atoms with Gasteiger partial charge in [0.05, 0.1) is 18.7 Å². The second-order valence-electron chi connectivity index (χ2n) is 17.6. The highest BCUT2D eigenvalue weighted by atomic mass is 16.3. The van der Waals surface area contributed by atoms with E-state index < -0.39 is 114 Å². The maximum absolute atomic E-state index is 13.9. The summed E-state index contributed by atoms with van der Waals surface area (Å²) >= 11 is 0. The van der Waals surface area contributed by atoms with Crippen LogP contribution in [0, 0.1) is 0 Å². The molecule has 4 fully saturated rings. The van der Waals surface area contributed by atoms with E-state index in [-0.39, 0.29) is 31.8 Å². The van der Waals surface area contributed by atoms with Crippen molar-refractivity contribution in [2.24, 2.45) is 5.73 Å². The number of rotatable bonds is 19. The Bertz CT molecular complexity index is 2100. The third-order valence-corrected chi connectivity index (χ3v) is 12.8. The van der Waals surface area contributed by atoms with Crippen molar-refractivity contribution >= 4 is 53.2 Å². The number of benzene rings is 2. The van der Waals surface area contributed by atoms with Crippen molar-refractivity contribution in [2.75, 3.05) is 19.6 Å². The summed E-state index contributed by atoms with van der Waals surface area (Å²) in [6.07, 6.45) is 2.79. The molecule has 4 aliphatic rings. The minimum absolute atomic E-state index is 0.0549. The largest absolute Gasteiger partial charge is 0.391 e. The molecule has 20 heteroatoms. The Morgan fingerprint density at radius 1 is 0.712 bits per heavy atom. The molecule has 356 valence electrons. The van der Waals surface area contributed by atoms with Crippen molar-refractivity contribution in [3.05, 3.63) is 71.8 Å². The lowest BCUT2D eigenvalue weighted by atomic mass is 9.97. The van der Waals surface area contributed by atoms with Crippen LogP contribution < -0.4 is 43.0 Å². The molecule has 0 aromatic heterocycles. The molecule has 9 amide bonds. The zero-order chi connectivity index (χ0) is 47.5. The Hall–Kier alpha value is -6.41. The summed E-state index contributed by atoms with van der Waals surface area (Å²) in [5, 5.41) is 29.3. The van der Waals surface area contributed by atoms with Gasteiger partial charge in [-0.2, -0.15) is 0 Å². The fourth-order valence-electron chi connectivity index (χ4n) is 9.18. The van der Waals surface area contributed by atoms with Crippen molar-refractivity contribution in [2.45, 2.75) is 139 Å². The van der Waals surface area contributed by atoms with Gasteiger partial charge in [-0.25, -0.2) is 0 Å². The number of aliphatic hydroxyl groups excluding tert-OH is 1. The first-order chi connectivity index (χ1) is 31.6. The minimum atomic E-state index is -1.30. The number of nitrogens with one attached hydrogen (secondary N) is 7. The fourth-order valence-corrected chi connectivity index (χ4v) is 9.18. The van der Waals surface area contributed by atoms with Crippen molar-refractivity contribution in [3.8, 4) is 0 Å². The lowest BCUT2D eigenvalue weighted by Crippen LogP contribution is -2.62. The highest BCUT2D eigenvalue weighted by molar-refractivity contribution is 5.98. The number of fused-ring (bicyclic) bond motifs is 1. The van der Waals surface area contributed by atoms with Crippen molar-refractivity contribution < 1.29 is 48.3 Å². The monoisotopic (exact) mass is 914 g/mol. The zero-order valence-electron chi connectivity index (χ0n) is 37.3. The third kappa shape index (κ3) is 12.5. The predicted octanol–water partition coefficient (Wildman–Crippen LogP) is -2.21. The summed E-state index contributed by atoms with van der Waals surface area (Å²) in [5.74, 6) is -5.41. The zero-order valence-corrected chi connectivity index (χ0v) is 37.3. The molecule has 0 unspecified atom stereocenters. The quantitative estimate of drug-likeness (QED) is 0.0729. The van der Waals surface area contributed by atoms with Crippen LogP contribution in [-0.2, 0) is 56.0 Å². The molecule has 2 aromatic carbocycles. The summed E-state index contributed by atoms with van der Waals surface area (Å²) in [5.41, 5.74) is 7.07. The van der Waals surface area contributed by atoms with E-state index in [0.29, 0.717) is 50.6 Å². The van der Waals surface area contributed by atoms with Gasteiger partial charge >= 0.3 is 0 Å². The number of carbonyl (C=O) groups is 9. The number of hydrogen-bond acceptors (Lipinski definition) is 11. The molecular weight excluding hydrogens is 853 g/mol. The number of likely N-dealkylation sites (tertiary alicyclic amines) is 1. The standard InChI is InChI=1S/C46H62N10O10/c1-26(40(60)52-33(39(47)59)23-28-11-5-3-6-12-28)50-42(62)34(24-29-13-7-4-8-14-29)53-44(64)35-16-10-22-55(35)37(58)25-49-43(63)36-20-18-30-17-19-32(46(66)56(30)36)51-45(65)38(27(2)57)54-41(61)31-15-9-21-48-31/h3-8,11-14,26-27,30-36,38,48,57H,9-10,15-25H2,1-2H3,(H2,47,59)(H,49,63)(H,50,62)(H,51,65)(H,52,60)(H,53,64)(H,54,61)/t26-,27+,30-,31-,32-,33-,34-,35-,36-,38-/m0/s1. The van der Waals surface area contributed by atoms with Crippen LogP contribution in [0.2, 0.25) is 0 Å². The number of nitrogens with zero attached hydrogens (tertiary/aromatic N) is 2. The van der Waals surface area contributed by atoms with Gasteiger partial charge in [0.2, 0.25) is 53.2 Å². The predicted molar refractivity (Wildman–Crippen MR) is 238 cm³/mol. The summed E-state index contributed by atoms with van der Waals surface area (Å²) in [6, 6.07) is 9.65. The molecule has 4 saturated heterocycles. The molecule has 4 aliphatic heterocycles. The van der Waals surface area contributed by atoms with Crippen molar-refractivity contribution in [3.63, 3.8) is 0 Å². The van der Waals surface area contributed by atoms with Gasteiger partial charge in [0.15, 0.2) is 0 Å². The van der Waals surface area contributed by atoms with Gasteiger partial charge in [-0.15, -0.1) is 0 Å². The topological polar surface area (TPSA) is 291 Å². The third-order valence-electron chi connectivity index (χ3n) is 12.8. The molecule has 6 rings (SSSR count). The van der Waals surface area contributed by atoms with E-state index in [1.54, 1.807) is 54.6 Å². The van der Waals surface area contributed by atoms with E-state index in [1.165, 1.54) is 23.6 Å². The molecule has 0 saturated carbocycles. The summed E-state index contributed by atoms with van der Waals surface area (Å²) in [4.78, 5) is 123. The molecule has 0 radical (unpaired) electrons. The van der Waals surface area contributed by atoms with E-state index >= 15 is 0 Å². The maximum Gasteiger partial charge on any atom is 0.246 e. The molecule has 66 heavy (non-hydrogen) atoms. The Morgan fingerprint density at radius 3 is 1.98 bits per heavy atom. The minimum Gasteiger partial charge on any atom is -0.391 e. The highest BCUT2D eigenvalue weighted by Gasteiger charge is 2.47. The van der Waals surface area contributed by atoms with Gasteiger partial charge in [0, 0.05) is 25.4 Å². The van der Waals surface area contributed by atoms with Crippen molar-refractivity contribution in [1.82, 2.24) is 47.0 Å². The maximum atomic E-state index is 13.9. The molecule has 0 bridgehead atoms. The summed E-state index contributed by atoms with van der Waals surface area (Å²) in [6.45, 7) is 3.23. The van der Waals surface area contributed by atoms with E-state index in [0.717, 1.165) is 12.0 Å². The SMILES string of the molecule is C[C@H](NC(=O)[C@H](Cc1ccccc1)NC(=O)[C@@H]1CCCN1C(=O)CNC(=O)[C@@H]1CC[C@@H]2CC[C@H](NC(=O)[C@@H](NC(=O)[C@@H]3CCCN3)[C@@H](C)O)C(=O)N21)C(=O)N[C@@H](Cc1ccccc1)C(N)=O. The first kappa shape index (κ1) is 49.0. The van der Waals surface area contributed by atoms with E-state index in [4.69, 9.17) is 5.73 Å². The molecule has 20 nitrogen and oxygen atoms in total. The molecule has 10 N–H and O–H groups in total.